The zero-order valence-electron chi connectivity index (χ0n) is 22.5. The number of carbonyl (C=O) groups excluding carboxylic acids is 1. The first kappa shape index (κ1) is 31.6. The molecule has 3 aromatic rings. The highest BCUT2D eigenvalue weighted by atomic mass is 79.9. The number of amides is 1. The Morgan fingerprint density at radius 3 is 2.56 bits per heavy atom. The predicted molar refractivity (Wildman–Crippen MR) is 163 cm³/mol. The van der Waals surface area contributed by atoms with Crippen LogP contribution in [0, 0.1) is 0 Å². The van der Waals surface area contributed by atoms with Crippen molar-refractivity contribution >= 4 is 61.8 Å². The second kappa shape index (κ2) is 12.5. The highest BCUT2D eigenvalue weighted by Crippen LogP contribution is 2.44. The maximum Gasteiger partial charge on any atom is 0.404 e. The van der Waals surface area contributed by atoms with Crippen molar-refractivity contribution in [1.29, 1.82) is 0 Å². The van der Waals surface area contributed by atoms with Crippen LogP contribution in [-0.2, 0) is 10.5 Å². The fourth-order valence-electron chi connectivity index (χ4n) is 4.84. The van der Waals surface area contributed by atoms with Crippen molar-refractivity contribution < 1.29 is 23.1 Å². The maximum absolute atomic E-state index is 14.0. The van der Waals surface area contributed by atoms with Gasteiger partial charge in [0.05, 0.1) is 5.52 Å². The third-order valence-electron chi connectivity index (χ3n) is 7.07. The van der Waals surface area contributed by atoms with Gasteiger partial charge in [-0.1, -0.05) is 46.6 Å². The summed E-state index contributed by atoms with van der Waals surface area (Å²) in [5, 5.41) is 14.6. The van der Waals surface area contributed by atoms with Crippen LogP contribution in [0.4, 0.5) is 18.9 Å². The smallest absolute Gasteiger partial charge is 0.384 e. The lowest BCUT2D eigenvalue weighted by molar-refractivity contribution is -0.147. The van der Waals surface area contributed by atoms with Crippen LogP contribution in [0.3, 0.4) is 0 Å². The SMILES string of the molecule is CCSC(C1=CC(O)(c2ccc(Br)cc2)N(CCC(C)(N)CCNc2ccnc3cc(Cl)ccc23)C1=O)C(F)(F)F. The molecule has 0 saturated carbocycles. The number of thioether (sulfide) groups is 1. The molecule has 1 amide bonds. The summed E-state index contributed by atoms with van der Waals surface area (Å²) in [5.41, 5.74) is 5.18. The topological polar surface area (TPSA) is 91.5 Å². The second-order valence-electron chi connectivity index (χ2n) is 10.3. The van der Waals surface area contributed by atoms with Crippen LogP contribution < -0.4 is 11.1 Å². The number of fused-ring (bicyclic) bond motifs is 1. The minimum atomic E-state index is -4.66. The van der Waals surface area contributed by atoms with Crippen LogP contribution in [0.15, 0.2) is 70.8 Å². The number of alkyl halides is 3. The van der Waals surface area contributed by atoms with Crippen molar-refractivity contribution in [2.75, 3.05) is 24.2 Å². The van der Waals surface area contributed by atoms with Gasteiger partial charge in [-0.15, -0.1) is 11.8 Å². The number of anilines is 1. The number of carbonyl (C=O) groups is 1. The number of nitrogens with zero attached hydrogens (tertiary/aromatic N) is 2. The molecule has 1 aromatic heterocycles. The number of rotatable bonds is 11. The van der Waals surface area contributed by atoms with Crippen LogP contribution in [0.2, 0.25) is 5.02 Å². The molecule has 220 valence electrons. The highest BCUT2D eigenvalue weighted by molar-refractivity contribution is 9.10. The van der Waals surface area contributed by atoms with Crippen molar-refractivity contribution in [3.8, 4) is 0 Å². The number of benzene rings is 2. The molecule has 0 fully saturated rings. The van der Waals surface area contributed by atoms with Crippen molar-refractivity contribution in [1.82, 2.24) is 9.88 Å². The van der Waals surface area contributed by atoms with Crippen molar-refractivity contribution in [3.63, 3.8) is 0 Å². The molecule has 1 aliphatic rings. The van der Waals surface area contributed by atoms with Gasteiger partial charge in [-0.3, -0.25) is 9.78 Å². The highest BCUT2D eigenvalue weighted by Gasteiger charge is 2.53. The van der Waals surface area contributed by atoms with Crippen LogP contribution >= 0.6 is 39.3 Å². The predicted octanol–water partition coefficient (Wildman–Crippen LogP) is 6.86. The molecule has 4 rings (SSSR count). The number of pyridine rings is 1. The van der Waals surface area contributed by atoms with Gasteiger partial charge in [0, 0.05) is 56.5 Å². The Morgan fingerprint density at radius 1 is 1.20 bits per heavy atom. The summed E-state index contributed by atoms with van der Waals surface area (Å²) in [6.07, 6.45) is -1.20. The van der Waals surface area contributed by atoms with Crippen LogP contribution in [0.5, 0.6) is 0 Å². The van der Waals surface area contributed by atoms with E-state index in [4.69, 9.17) is 17.3 Å². The van der Waals surface area contributed by atoms with Gasteiger partial charge in [-0.25, -0.2) is 0 Å². The maximum atomic E-state index is 14.0. The van der Waals surface area contributed by atoms with E-state index >= 15 is 0 Å². The first-order valence-electron chi connectivity index (χ1n) is 13.0. The molecule has 0 saturated heterocycles. The van der Waals surface area contributed by atoms with Crippen molar-refractivity contribution in [2.45, 2.75) is 49.4 Å². The molecule has 3 unspecified atom stereocenters. The molecule has 2 aromatic carbocycles. The molecule has 0 spiro atoms. The zero-order valence-corrected chi connectivity index (χ0v) is 25.7. The number of hydrogen-bond acceptors (Lipinski definition) is 6. The average molecular weight is 672 g/mol. The van der Waals surface area contributed by atoms with Gasteiger partial charge in [0.25, 0.3) is 5.91 Å². The third-order valence-corrected chi connectivity index (χ3v) is 9.02. The van der Waals surface area contributed by atoms with E-state index in [1.807, 2.05) is 19.1 Å². The third kappa shape index (κ3) is 7.19. The largest absolute Gasteiger partial charge is 0.404 e. The standard InChI is InChI=1S/C29H31BrClF3N4O2S/c1-3-41-25(29(32,33)34)22-17-28(40,18-4-6-19(30)7-5-18)38(26(22)39)15-12-27(2,35)11-14-37-23-10-13-36-24-16-20(31)8-9-21(23)24/h4-10,13,16-17,25,40H,3,11-12,14-15,35H2,1-2H3,(H,36,37). The van der Waals surface area contributed by atoms with Crippen LogP contribution in [-0.4, -0.2) is 56.7 Å². The van der Waals surface area contributed by atoms with E-state index in [0.29, 0.717) is 29.8 Å². The molecule has 6 nitrogen and oxygen atoms in total. The molecule has 2 heterocycles. The van der Waals surface area contributed by atoms with E-state index in [2.05, 4.69) is 26.2 Å². The molecule has 0 aliphatic carbocycles. The van der Waals surface area contributed by atoms with E-state index < -0.39 is 34.2 Å². The average Bonchev–Trinajstić information content (AvgIpc) is 3.15. The minimum absolute atomic E-state index is 0.0452. The molecule has 12 heteroatoms. The summed E-state index contributed by atoms with van der Waals surface area (Å²) in [7, 11) is 0. The number of nitrogens with one attached hydrogen (secondary N) is 1. The van der Waals surface area contributed by atoms with Crippen molar-refractivity contribution in [2.24, 2.45) is 5.73 Å². The number of aliphatic hydroxyl groups is 1. The number of halogens is 5. The van der Waals surface area contributed by atoms with Gasteiger partial charge in [0.2, 0.25) is 0 Å². The van der Waals surface area contributed by atoms with Gasteiger partial charge in [0.15, 0.2) is 5.72 Å². The van der Waals surface area contributed by atoms with Crippen molar-refractivity contribution in [3.05, 3.63) is 81.4 Å². The Labute approximate surface area is 254 Å². The number of hydrogen-bond donors (Lipinski definition) is 3. The Kier molecular flexibility index (Phi) is 9.65. The molecule has 3 atom stereocenters. The van der Waals surface area contributed by atoms with E-state index in [0.717, 1.165) is 32.0 Å². The Balaban J connectivity index is 1.51. The summed E-state index contributed by atoms with van der Waals surface area (Å²) in [6, 6.07) is 13.8. The molecular formula is C29H31BrClF3N4O2S. The number of nitrogens with two attached hydrogens (primary N) is 1. The van der Waals surface area contributed by atoms with Gasteiger partial charge >= 0.3 is 6.18 Å². The van der Waals surface area contributed by atoms with Crippen LogP contribution in [0.1, 0.15) is 32.3 Å². The second-order valence-corrected chi connectivity index (χ2v) is 13.0. The van der Waals surface area contributed by atoms with E-state index in [9.17, 15) is 23.1 Å². The molecule has 0 radical (unpaired) electrons. The summed E-state index contributed by atoms with van der Waals surface area (Å²) in [5.74, 6) is -0.700. The molecular weight excluding hydrogens is 641 g/mol. The van der Waals surface area contributed by atoms with E-state index in [-0.39, 0.29) is 24.3 Å². The lowest BCUT2D eigenvalue weighted by atomic mass is 9.93. The molecule has 1 aliphatic heterocycles. The summed E-state index contributed by atoms with van der Waals surface area (Å²) in [6.45, 7) is 3.86. The molecule has 0 bridgehead atoms. The lowest BCUT2D eigenvalue weighted by Crippen LogP contribution is -2.49. The monoisotopic (exact) mass is 670 g/mol. The van der Waals surface area contributed by atoms with Gasteiger partial charge in [0.1, 0.15) is 5.25 Å². The van der Waals surface area contributed by atoms with E-state index in [1.54, 1.807) is 49.5 Å². The van der Waals surface area contributed by atoms with Crippen LogP contribution in [0.25, 0.3) is 10.9 Å². The van der Waals surface area contributed by atoms with Gasteiger partial charge in [-0.2, -0.15) is 13.2 Å². The van der Waals surface area contributed by atoms with Gasteiger partial charge < -0.3 is 21.1 Å². The zero-order chi connectivity index (χ0) is 30.0. The Hall–Kier alpha value is -2.31. The number of aromatic nitrogens is 1. The normalized spacial score (nSPS) is 19.8. The fourth-order valence-corrected chi connectivity index (χ4v) is 6.14. The molecule has 41 heavy (non-hydrogen) atoms. The first-order valence-corrected chi connectivity index (χ1v) is 15.3. The summed E-state index contributed by atoms with van der Waals surface area (Å²) in [4.78, 5) is 18.9. The molecule has 4 N–H and O–H groups in total. The minimum Gasteiger partial charge on any atom is -0.384 e. The van der Waals surface area contributed by atoms with Gasteiger partial charge in [-0.05, 0) is 68.0 Å². The lowest BCUT2D eigenvalue weighted by Gasteiger charge is -2.36. The van der Waals surface area contributed by atoms with E-state index in [1.165, 1.54) is 0 Å². The Morgan fingerprint density at radius 2 is 1.90 bits per heavy atom. The summed E-state index contributed by atoms with van der Waals surface area (Å²) < 4.78 is 42.7. The Bertz CT molecular complexity index is 1440. The quantitative estimate of drug-likeness (QED) is 0.207. The summed E-state index contributed by atoms with van der Waals surface area (Å²) >= 11 is 10.0. The first-order chi connectivity index (χ1) is 19.2. The fraction of sp³-hybridized carbons (Fsp3) is 0.379.